The topological polar surface area (TPSA) is 105 Å². The normalized spacial score (nSPS) is 20.0. The van der Waals surface area contributed by atoms with Crippen molar-refractivity contribution in [2.75, 3.05) is 26.2 Å². The fourth-order valence-electron chi connectivity index (χ4n) is 3.93. The van der Waals surface area contributed by atoms with E-state index < -0.39 is 11.0 Å². The average Bonchev–Trinajstić information content (AvgIpc) is 3.05. The lowest BCUT2D eigenvalue weighted by atomic mass is 9.83. The Morgan fingerprint density at radius 2 is 1.76 bits per heavy atom. The predicted octanol–water partition coefficient (Wildman–Crippen LogP) is 3.04. The molecule has 190 valence electrons. The SMILES string of the molecule is CCNC(=O)C(C)(CC)CCOC(C)(CC)CCNC(=O)CCN1C(=O)CC(C(C)C)C1=O. The number of hydrogen-bond donors (Lipinski definition) is 2. The maximum atomic E-state index is 12.4. The first kappa shape index (κ1) is 29.1. The second kappa shape index (κ2) is 13.1. The largest absolute Gasteiger partial charge is 0.375 e. The highest BCUT2D eigenvalue weighted by molar-refractivity contribution is 6.03. The van der Waals surface area contributed by atoms with E-state index in [1.807, 2.05) is 48.5 Å². The van der Waals surface area contributed by atoms with Gasteiger partial charge in [0.05, 0.1) is 5.60 Å². The number of imide groups is 1. The smallest absolute Gasteiger partial charge is 0.233 e. The summed E-state index contributed by atoms with van der Waals surface area (Å²) in [7, 11) is 0. The zero-order valence-electron chi connectivity index (χ0n) is 21.7. The monoisotopic (exact) mass is 467 g/mol. The van der Waals surface area contributed by atoms with E-state index >= 15 is 0 Å². The minimum Gasteiger partial charge on any atom is -0.375 e. The Labute approximate surface area is 199 Å². The molecule has 1 heterocycles. The van der Waals surface area contributed by atoms with Crippen LogP contribution in [0.3, 0.4) is 0 Å². The van der Waals surface area contributed by atoms with Gasteiger partial charge < -0.3 is 15.4 Å². The molecule has 0 radical (unpaired) electrons. The summed E-state index contributed by atoms with van der Waals surface area (Å²) >= 11 is 0. The number of likely N-dealkylation sites (tertiary alicyclic amines) is 1. The number of nitrogens with zero attached hydrogens (tertiary/aromatic N) is 1. The van der Waals surface area contributed by atoms with Gasteiger partial charge in [-0.15, -0.1) is 0 Å². The number of carbonyl (C=O) groups is 4. The molecule has 1 rings (SSSR count). The Kier molecular flexibility index (Phi) is 11.5. The number of nitrogens with one attached hydrogen (secondary N) is 2. The summed E-state index contributed by atoms with van der Waals surface area (Å²) in [5.74, 6) is -0.645. The molecule has 0 aromatic carbocycles. The van der Waals surface area contributed by atoms with Gasteiger partial charge in [0.25, 0.3) is 0 Å². The summed E-state index contributed by atoms with van der Waals surface area (Å²) < 4.78 is 6.16. The van der Waals surface area contributed by atoms with Crippen LogP contribution in [-0.2, 0) is 23.9 Å². The molecule has 8 nitrogen and oxygen atoms in total. The maximum absolute atomic E-state index is 12.4. The highest BCUT2D eigenvalue weighted by Gasteiger charge is 2.39. The second-order valence-corrected chi connectivity index (χ2v) is 9.96. The summed E-state index contributed by atoms with van der Waals surface area (Å²) in [6.45, 7) is 15.5. The molecule has 33 heavy (non-hydrogen) atoms. The van der Waals surface area contributed by atoms with Crippen LogP contribution >= 0.6 is 0 Å². The lowest BCUT2D eigenvalue weighted by molar-refractivity contribution is -0.140. The number of hydrogen-bond acceptors (Lipinski definition) is 5. The van der Waals surface area contributed by atoms with Crippen molar-refractivity contribution in [2.45, 2.75) is 92.6 Å². The zero-order valence-corrected chi connectivity index (χ0v) is 21.7. The molecular weight excluding hydrogens is 422 g/mol. The van der Waals surface area contributed by atoms with Gasteiger partial charge in [-0.3, -0.25) is 24.1 Å². The van der Waals surface area contributed by atoms with Crippen molar-refractivity contribution in [2.24, 2.45) is 17.3 Å². The second-order valence-electron chi connectivity index (χ2n) is 9.96. The van der Waals surface area contributed by atoms with Gasteiger partial charge in [0.1, 0.15) is 0 Å². The molecule has 1 saturated heterocycles. The summed E-state index contributed by atoms with van der Waals surface area (Å²) in [5, 5.41) is 5.78. The van der Waals surface area contributed by atoms with E-state index in [0.717, 1.165) is 12.8 Å². The van der Waals surface area contributed by atoms with E-state index in [1.54, 1.807) is 0 Å². The summed E-state index contributed by atoms with van der Waals surface area (Å²) in [6.07, 6.45) is 3.12. The lowest BCUT2D eigenvalue weighted by Crippen LogP contribution is -2.41. The molecule has 0 spiro atoms. The number of ether oxygens (including phenoxy) is 1. The van der Waals surface area contributed by atoms with Gasteiger partial charge in [0.2, 0.25) is 23.6 Å². The van der Waals surface area contributed by atoms with Crippen molar-refractivity contribution in [3.8, 4) is 0 Å². The van der Waals surface area contributed by atoms with Crippen molar-refractivity contribution in [3.05, 3.63) is 0 Å². The molecule has 0 aromatic rings. The minimum atomic E-state index is -0.460. The van der Waals surface area contributed by atoms with Crippen LogP contribution in [-0.4, -0.2) is 60.4 Å². The summed E-state index contributed by atoms with van der Waals surface area (Å²) in [6, 6.07) is 0. The molecule has 3 unspecified atom stereocenters. The van der Waals surface area contributed by atoms with E-state index in [2.05, 4.69) is 10.6 Å². The van der Waals surface area contributed by atoms with Crippen molar-refractivity contribution in [3.63, 3.8) is 0 Å². The highest BCUT2D eigenvalue weighted by atomic mass is 16.5. The van der Waals surface area contributed by atoms with Crippen LogP contribution in [0.5, 0.6) is 0 Å². The molecule has 1 aliphatic rings. The van der Waals surface area contributed by atoms with Crippen LogP contribution in [0.4, 0.5) is 0 Å². The average molecular weight is 468 g/mol. The number of amides is 4. The fourth-order valence-corrected chi connectivity index (χ4v) is 3.93. The fraction of sp³-hybridized carbons (Fsp3) is 0.840. The van der Waals surface area contributed by atoms with Crippen LogP contribution in [0.15, 0.2) is 0 Å². The van der Waals surface area contributed by atoms with Crippen molar-refractivity contribution >= 4 is 23.6 Å². The molecule has 0 aliphatic carbocycles. The van der Waals surface area contributed by atoms with Crippen molar-refractivity contribution in [1.82, 2.24) is 15.5 Å². The standard InChI is InChI=1S/C25H45N3O5/c1-8-24(6,23(32)26-10-3)13-16-33-25(7,9-2)12-14-27-20(29)11-15-28-21(30)17-19(18(4)5)22(28)31/h18-19H,8-17H2,1-7H3,(H,26,32)(H,27,29). The van der Waals surface area contributed by atoms with Crippen LogP contribution in [0.2, 0.25) is 0 Å². The van der Waals surface area contributed by atoms with Crippen molar-refractivity contribution < 1.29 is 23.9 Å². The van der Waals surface area contributed by atoms with Crippen LogP contribution < -0.4 is 10.6 Å². The van der Waals surface area contributed by atoms with Gasteiger partial charge in [-0.05, 0) is 45.4 Å². The summed E-state index contributed by atoms with van der Waals surface area (Å²) in [4.78, 5) is 50.3. The third kappa shape index (κ3) is 8.40. The van der Waals surface area contributed by atoms with Gasteiger partial charge in [0, 0.05) is 50.4 Å². The van der Waals surface area contributed by atoms with Crippen LogP contribution in [0, 0.1) is 17.3 Å². The quantitative estimate of drug-likeness (QED) is 0.360. The van der Waals surface area contributed by atoms with Crippen molar-refractivity contribution in [1.29, 1.82) is 0 Å². The van der Waals surface area contributed by atoms with E-state index in [-0.39, 0.29) is 54.9 Å². The molecule has 1 fully saturated rings. The highest BCUT2D eigenvalue weighted by Crippen LogP contribution is 2.29. The third-order valence-corrected chi connectivity index (χ3v) is 7.14. The molecule has 0 aromatic heterocycles. The van der Waals surface area contributed by atoms with Crippen LogP contribution in [0.1, 0.15) is 87.0 Å². The Morgan fingerprint density at radius 3 is 2.27 bits per heavy atom. The van der Waals surface area contributed by atoms with E-state index in [4.69, 9.17) is 4.74 Å². The third-order valence-electron chi connectivity index (χ3n) is 7.14. The Hall–Kier alpha value is -1.96. The zero-order chi connectivity index (χ0) is 25.2. The lowest BCUT2D eigenvalue weighted by Gasteiger charge is -2.32. The van der Waals surface area contributed by atoms with E-state index in [9.17, 15) is 19.2 Å². The summed E-state index contributed by atoms with van der Waals surface area (Å²) in [5.41, 5.74) is -0.869. The van der Waals surface area contributed by atoms with E-state index in [1.165, 1.54) is 4.90 Å². The number of carbonyl (C=O) groups excluding carboxylic acids is 4. The Bertz CT molecular complexity index is 696. The Balaban J connectivity index is 2.43. The number of rotatable bonds is 15. The molecular formula is C25H45N3O5. The van der Waals surface area contributed by atoms with Gasteiger partial charge in [0.15, 0.2) is 0 Å². The van der Waals surface area contributed by atoms with Crippen LogP contribution in [0.25, 0.3) is 0 Å². The van der Waals surface area contributed by atoms with Gasteiger partial charge in [-0.2, -0.15) is 0 Å². The van der Waals surface area contributed by atoms with Gasteiger partial charge in [-0.25, -0.2) is 0 Å². The predicted molar refractivity (Wildman–Crippen MR) is 128 cm³/mol. The van der Waals surface area contributed by atoms with Gasteiger partial charge >= 0.3 is 0 Å². The maximum Gasteiger partial charge on any atom is 0.233 e. The minimum absolute atomic E-state index is 0.0521. The molecule has 8 heteroatoms. The first-order valence-corrected chi connectivity index (χ1v) is 12.5. The molecule has 4 amide bonds. The van der Waals surface area contributed by atoms with Gasteiger partial charge in [-0.1, -0.05) is 34.6 Å². The molecule has 1 aliphatic heterocycles. The molecule has 3 atom stereocenters. The first-order chi connectivity index (χ1) is 15.4. The molecule has 0 bridgehead atoms. The Morgan fingerprint density at radius 1 is 1.09 bits per heavy atom. The molecule has 0 saturated carbocycles. The first-order valence-electron chi connectivity index (χ1n) is 12.5. The van der Waals surface area contributed by atoms with E-state index in [0.29, 0.717) is 32.5 Å². The molecule has 2 N–H and O–H groups in total.